The zero-order chi connectivity index (χ0) is 11.1. The van der Waals surface area contributed by atoms with Gasteiger partial charge in [-0.3, -0.25) is 4.79 Å². The van der Waals surface area contributed by atoms with Crippen molar-refractivity contribution in [2.75, 3.05) is 17.2 Å². The summed E-state index contributed by atoms with van der Waals surface area (Å²) in [5, 5.41) is 0. The molecule has 1 aromatic rings. The number of nitrogens with two attached hydrogens (primary N) is 1. The number of hydrogen-bond donors (Lipinski definition) is 1. The van der Waals surface area contributed by atoms with Crippen molar-refractivity contribution in [3.8, 4) is 0 Å². The Hall–Kier alpha value is -1.30. The first kappa shape index (κ1) is 10.2. The van der Waals surface area contributed by atoms with E-state index >= 15 is 0 Å². The summed E-state index contributed by atoms with van der Waals surface area (Å²) >= 11 is 0. The van der Waals surface area contributed by atoms with E-state index in [2.05, 4.69) is 0 Å². The number of sulfone groups is 1. The third-order valence-corrected chi connectivity index (χ3v) is 4.35. The Balaban J connectivity index is 2.32. The Bertz CT molecular complexity index is 533. The maximum Gasteiger partial charge on any atom is 0.204 e. The quantitative estimate of drug-likeness (QED) is 0.721. The van der Waals surface area contributed by atoms with Gasteiger partial charge in [0, 0.05) is 24.5 Å². The van der Waals surface area contributed by atoms with Crippen molar-refractivity contribution in [3.63, 3.8) is 0 Å². The Morgan fingerprint density at radius 3 is 2.73 bits per heavy atom. The molecule has 5 nitrogen and oxygen atoms in total. The fourth-order valence-electron chi connectivity index (χ4n) is 1.75. The van der Waals surface area contributed by atoms with Gasteiger partial charge in [0.1, 0.15) is 0 Å². The molecule has 1 unspecified atom stereocenters. The first-order valence-electron chi connectivity index (χ1n) is 4.66. The predicted molar refractivity (Wildman–Crippen MR) is 57.4 cm³/mol. The van der Waals surface area contributed by atoms with E-state index < -0.39 is 9.84 Å². The Labute approximate surface area is 87.4 Å². The van der Waals surface area contributed by atoms with Crippen LogP contribution in [-0.2, 0) is 9.84 Å². The molecule has 0 aliphatic carbocycles. The van der Waals surface area contributed by atoms with Crippen LogP contribution >= 0.6 is 0 Å². The van der Waals surface area contributed by atoms with Crippen LogP contribution in [0.3, 0.4) is 0 Å². The minimum atomic E-state index is -2.91. The van der Waals surface area contributed by atoms with E-state index in [0.29, 0.717) is 6.42 Å². The van der Waals surface area contributed by atoms with Gasteiger partial charge in [0.05, 0.1) is 17.2 Å². The first-order chi connectivity index (χ1) is 6.98. The van der Waals surface area contributed by atoms with Crippen LogP contribution in [0.5, 0.6) is 0 Å². The summed E-state index contributed by atoms with van der Waals surface area (Å²) in [5.41, 5.74) is 5.40. The third kappa shape index (κ3) is 2.04. The summed E-state index contributed by atoms with van der Waals surface area (Å²) in [6, 6.07) is 1.28. The molecule has 0 spiro atoms. The van der Waals surface area contributed by atoms with Crippen LogP contribution in [0.4, 0.5) is 5.69 Å². The van der Waals surface area contributed by atoms with Crippen LogP contribution in [-0.4, -0.2) is 24.5 Å². The summed E-state index contributed by atoms with van der Waals surface area (Å²) in [7, 11) is -2.91. The normalized spacial score (nSPS) is 24.1. The van der Waals surface area contributed by atoms with Crippen LogP contribution in [0, 0.1) is 0 Å². The largest absolute Gasteiger partial charge is 0.394 e. The molecule has 1 aliphatic heterocycles. The van der Waals surface area contributed by atoms with Crippen LogP contribution in [0.1, 0.15) is 12.5 Å². The average molecular weight is 228 g/mol. The molecule has 1 atom stereocenters. The highest BCUT2D eigenvalue weighted by Gasteiger charge is 2.28. The second kappa shape index (κ2) is 3.37. The second-order valence-corrected chi connectivity index (χ2v) is 6.00. The number of nitrogens with zero attached hydrogens (tertiary/aromatic N) is 1. The van der Waals surface area contributed by atoms with Crippen LogP contribution in [0.2, 0.25) is 0 Å². The molecular formula is C9H12N2O3S. The van der Waals surface area contributed by atoms with Gasteiger partial charge in [-0.25, -0.2) is 8.42 Å². The van der Waals surface area contributed by atoms with E-state index in [1.54, 1.807) is 10.8 Å². The Kier molecular flexibility index (Phi) is 2.30. The fraction of sp³-hybridized carbons (Fsp3) is 0.444. The number of aromatic nitrogens is 1. The number of hydrogen-bond acceptors (Lipinski definition) is 4. The summed E-state index contributed by atoms with van der Waals surface area (Å²) in [6.45, 7) is 0. The van der Waals surface area contributed by atoms with E-state index in [9.17, 15) is 13.2 Å². The van der Waals surface area contributed by atoms with Gasteiger partial charge in [0.15, 0.2) is 9.84 Å². The van der Waals surface area contributed by atoms with Gasteiger partial charge in [-0.15, -0.1) is 0 Å². The van der Waals surface area contributed by atoms with Crippen molar-refractivity contribution in [1.29, 1.82) is 0 Å². The number of nitrogen functional groups attached to an aromatic ring is 1. The highest BCUT2D eigenvalue weighted by molar-refractivity contribution is 7.91. The predicted octanol–water partition coefficient (Wildman–Crippen LogP) is -0.210. The van der Waals surface area contributed by atoms with E-state index in [0.717, 1.165) is 0 Å². The lowest BCUT2D eigenvalue weighted by Gasteiger charge is -2.12. The fourth-order valence-corrected chi connectivity index (χ4v) is 3.48. The maximum absolute atomic E-state index is 11.3. The van der Waals surface area contributed by atoms with Gasteiger partial charge in [-0.1, -0.05) is 0 Å². The van der Waals surface area contributed by atoms with Gasteiger partial charge in [-0.05, 0) is 6.42 Å². The SMILES string of the molecule is Nc1cn(C2CCS(=O)(=O)C2)ccc1=O. The molecule has 6 heteroatoms. The summed E-state index contributed by atoms with van der Waals surface area (Å²) < 4.78 is 24.2. The van der Waals surface area contributed by atoms with Crippen LogP contribution in [0.15, 0.2) is 23.3 Å². The van der Waals surface area contributed by atoms with E-state index in [1.165, 1.54) is 12.3 Å². The minimum absolute atomic E-state index is 0.0853. The van der Waals surface area contributed by atoms with Crippen LogP contribution in [0.25, 0.3) is 0 Å². The number of anilines is 1. The molecule has 15 heavy (non-hydrogen) atoms. The van der Waals surface area contributed by atoms with Crippen molar-refractivity contribution < 1.29 is 8.42 Å². The summed E-state index contributed by atoms with van der Waals surface area (Å²) in [5.74, 6) is 0.346. The molecular weight excluding hydrogens is 216 g/mol. The lowest BCUT2D eigenvalue weighted by molar-refractivity contribution is 0.552. The number of rotatable bonds is 1. The molecule has 0 amide bonds. The summed E-state index contributed by atoms with van der Waals surface area (Å²) in [4.78, 5) is 11.1. The van der Waals surface area contributed by atoms with Gasteiger partial charge >= 0.3 is 0 Å². The monoisotopic (exact) mass is 228 g/mol. The van der Waals surface area contributed by atoms with Gasteiger partial charge in [0.25, 0.3) is 0 Å². The highest BCUT2D eigenvalue weighted by Crippen LogP contribution is 2.23. The molecule has 0 bridgehead atoms. The van der Waals surface area contributed by atoms with Crippen molar-refractivity contribution in [2.24, 2.45) is 0 Å². The van der Waals surface area contributed by atoms with E-state index in [-0.39, 0.29) is 28.7 Å². The maximum atomic E-state index is 11.3. The van der Waals surface area contributed by atoms with Gasteiger partial charge in [-0.2, -0.15) is 0 Å². The van der Waals surface area contributed by atoms with Gasteiger partial charge in [0.2, 0.25) is 5.43 Å². The minimum Gasteiger partial charge on any atom is -0.394 e. The molecule has 82 valence electrons. The van der Waals surface area contributed by atoms with Gasteiger partial charge < -0.3 is 10.3 Å². The molecule has 1 aliphatic rings. The van der Waals surface area contributed by atoms with Crippen molar-refractivity contribution in [1.82, 2.24) is 4.57 Å². The van der Waals surface area contributed by atoms with Crippen molar-refractivity contribution in [2.45, 2.75) is 12.5 Å². The molecule has 2 rings (SSSR count). The third-order valence-electron chi connectivity index (χ3n) is 2.60. The van der Waals surface area contributed by atoms with E-state index in [1.807, 2.05) is 0 Å². The smallest absolute Gasteiger partial charge is 0.204 e. The molecule has 2 heterocycles. The van der Waals surface area contributed by atoms with Crippen molar-refractivity contribution in [3.05, 3.63) is 28.7 Å². The molecule has 0 saturated carbocycles. The topological polar surface area (TPSA) is 82.2 Å². The van der Waals surface area contributed by atoms with E-state index in [4.69, 9.17) is 5.73 Å². The number of pyridine rings is 1. The highest BCUT2D eigenvalue weighted by atomic mass is 32.2. The molecule has 0 aromatic carbocycles. The standard InChI is InChI=1S/C9H12N2O3S/c10-8-5-11(3-1-9(8)12)7-2-4-15(13,14)6-7/h1,3,5,7H,2,4,6,10H2. The molecule has 0 radical (unpaired) electrons. The molecule has 2 N–H and O–H groups in total. The Morgan fingerprint density at radius 1 is 1.47 bits per heavy atom. The zero-order valence-electron chi connectivity index (χ0n) is 8.09. The second-order valence-electron chi connectivity index (χ2n) is 3.77. The van der Waals surface area contributed by atoms with Crippen LogP contribution < -0.4 is 11.2 Å². The first-order valence-corrected chi connectivity index (χ1v) is 6.48. The molecule has 1 fully saturated rings. The lowest BCUT2D eigenvalue weighted by Crippen LogP contribution is -2.15. The van der Waals surface area contributed by atoms with Crippen molar-refractivity contribution >= 4 is 15.5 Å². The molecule has 1 aromatic heterocycles. The molecule has 1 saturated heterocycles. The average Bonchev–Trinajstić information content (AvgIpc) is 2.51. The lowest BCUT2D eigenvalue weighted by atomic mass is 10.2. The zero-order valence-corrected chi connectivity index (χ0v) is 8.90. The Morgan fingerprint density at radius 2 is 2.20 bits per heavy atom. The summed E-state index contributed by atoms with van der Waals surface area (Å²) in [6.07, 6.45) is 3.68.